The average Bonchev–Trinajstić information content (AvgIpc) is 3.57. The molecule has 5 heterocycles. The fraction of sp³-hybridized carbons (Fsp3) is 0.522. The zero-order valence-electron chi connectivity index (χ0n) is 19.8. The zero-order valence-corrected chi connectivity index (χ0v) is 20.6. The van der Waals surface area contributed by atoms with Gasteiger partial charge < -0.3 is 5.32 Å². The number of aromatic nitrogens is 5. The summed E-state index contributed by atoms with van der Waals surface area (Å²) in [6, 6.07) is -0.00169. The van der Waals surface area contributed by atoms with Gasteiger partial charge in [-0.2, -0.15) is 5.10 Å². The number of nitrogens with one attached hydrogen (secondary N) is 3. The summed E-state index contributed by atoms with van der Waals surface area (Å²) in [5, 5.41) is 11.2. The molecule has 11 heteroatoms. The Morgan fingerprint density at radius 3 is 2.88 bits per heavy atom. The topological polar surface area (TPSA) is 86.2 Å². The molecule has 2 aliphatic rings. The van der Waals surface area contributed by atoms with E-state index in [9.17, 15) is 8.78 Å². The van der Waals surface area contributed by atoms with Gasteiger partial charge in [0.1, 0.15) is 0 Å². The van der Waals surface area contributed by atoms with Crippen molar-refractivity contribution in [3.63, 3.8) is 0 Å². The first-order valence-corrected chi connectivity index (χ1v) is 12.7. The van der Waals surface area contributed by atoms with Gasteiger partial charge in [-0.15, -0.1) is 0 Å². The molecule has 1 fully saturated rings. The number of anilines is 1. The van der Waals surface area contributed by atoms with Crippen LogP contribution in [0.1, 0.15) is 50.6 Å². The lowest BCUT2D eigenvalue weighted by molar-refractivity contribution is -0.0642. The van der Waals surface area contributed by atoms with E-state index in [4.69, 9.17) is 4.98 Å². The standard InChI is InChI=1S/C21H26F2N8S.C2H6/c1-2-15-12-31-17(6-14-8-25-26-9-14)10-24-20(31)19(27-15)28-18-7-16(29-32-18)11-30-5-3-4-21(22,23)13-30;1-2/h7-10,12,16,29H,2-6,11,13H2,1H3,(H,25,26)(H,27,28);1-2H3. The molecule has 1 atom stereocenters. The van der Waals surface area contributed by atoms with E-state index in [-0.39, 0.29) is 19.0 Å². The number of halogens is 2. The van der Waals surface area contributed by atoms with Crippen molar-refractivity contribution in [1.82, 2.24) is 34.2 Å². The molecule has 5 rings (SSSR count). The highest BCUT2D eigenvalue weighted by Gasteiger charge is 2.36. The zero-order chi connectivity index (χ0) is 24.1. The molecule has 3 N–H and O–H groups in total. The third-order valence-corrected chi connectivity index (χ3v) is 6.64. The van der Waals surface area contributed by atoms with Gasteiger partial charge in [-0.1, -0.05) is 20.8 Å². The summed E-state index contributed by atoms with van der Waals surface area (Å²) >= 11 is 1.46. The fourth-order valence-corrected chi connectivity index (χ4v) is 5.00. The van der Waals surface area contributed by atoms with E-state index in [0.717, 1.165) is 34.0 Å². The van der Waals surface area contributed by atoms with Crippen molar-refractivity contribution in [1.29, 1.82) is 0 Å². The van der Waals surface area contributed by atoms with Crippen LogP contribution in [-0.2, 0) is 12.8 Å². The van der Waals surface area contributed by atoms with Crippen LogP contribution in [0.15, 0.2) is 35.9 Å². The van der Waals surface area contributed by atoms with E-state index in [2.05, 4.69) is 36.5 Å². The molecule has 1 saturated heterocycles. The van der Waals surface area contributed by atoms with Gasteiger partial charge in [0.05, 0.1) is 29.5 Å². The number of piperidine rings is 1. The number of alkyl halides is 2. The van der Waals surface area contributed by atoms with Crippen LogP contribution in [0.25, 0.3) is 5.65 Å². The van der Waals surface area contributed by atoms with Gasteiger partial charge >= 0.3 is 0 Å². The number of aryl methyl sites for hydroxylation is 1. The Labute approximate surface area is 202 Å². The number of imidazole rings is 1. The maximum Gasteiger partial charge on any atom is 0.260 e. The molecule has 2 aliphatic heterocycles. The van der Waals surface area contributed by atoms with Gasteiger partial charge in [-0.25, -0.2) is 18.7 Å². The number of aromatic amines is 1. The van der Waals surface area contributed by atoms with Crippen molar-refractivity contribution >= 4 is 23.4 Å². The summed E-state index contributed by atoms with van der Waals surface area (Å²) in [4.78, 5) is 11.2. The maximum absolute atomic E-state index is 13.7. The summed E-state index contributed by atoms with van der Waals surface area (Å²) in [5.74, 6) is -1.90. The lowest BCUT2D eigenvalue weighted by Gasteiger charge is -2.33. The molecule has 0 aromatic carbocycles. The molecule has 0 saturated carbocycles. The second kappa shape index (κ2) is 10.8. The van der Waals surface area contributed by atoms with E-state index in [1.807, 2.05) is 49.6 Å². The molecule has 34 heavy (non-hydrogen) atoms. The predicted molar refractivity (Wildman–Crippen MR) is 132 cm³/mol. The molecule has 184 valence electrons. The Balaban J connectivity index is 0.00000133. The van der Waals surface area contributed by atoms with Crippen LogP contribution in [0, 0.1) is 0 Å². The van der Waals surface area contributed by atoms with Gasteiger partial charge in [-0.05, 0) is 43.0 Å². The number of likely N-dealkylation sites (tertiary alicyclic amines) is 1. The third-order valence-electron chi connectivity index (χ3n) is 5.76. The normalized spacial score (nSPS) is 20.1. The molecule has 0 bridgehead atoms. The fourth-order valence-electron chi connectivity index (χ4n) is 4.20. The monoisotopic (exact) mass is 490 g/mol. The highest BCUT2D eigenvalue weighted by molar-refractivity contribution is 8.01. The molecule has 3 aromatic rings. The first-order valence-electron chi connectivity index (χ1n) is 11.8. The van der Waals surface area contributed by atoms with Gasteiger partial charge in [0.25, 0.3) is 5.92 Å². The molecule has 0 radical (unpaired) electrons. The second-order valence-electron chi connectivity index (χ2n) is 8.34. The predicted octanol–water partition coefficient (Wildman–Crippen LogP) is 4.24. The van der Waals surface area contributed by atoms with Crippen molar-refractivity contribution in [2.45, 2.75) is 58.4 Å². The smallest absolute Gasteiger partial charge is 0.260 e. The molecular weight excluding hydrogens is 458 g/mol. The van der Waals surface area contributed by atoms with Crippen LogP contribution in [0.2, 0.25) is 0 Å². The Bertz CT molecular complexity index is 1110. The first-order chi connectivity index (χ1) is 16.5. The van der Waals surface area contributed by atoms with E-state index < -0.39 is 5.92 Å². The van der Waals surface area contributed by atoms with Crippen LogP contribution >= 0.6 is 11.9 Å². The number of hydrogen-bond acceptors (Lipinski definition) is 7. The Kier molecular flexibility index (Phi) is 7.84. The molecule has 8 nitrogen and oxygen atoms in total. The molecule has 3 aromatic heterocycles. The van der Waals surface area contributed by atoms with Crippen molar-refractivity contribution in [2.24, 2.45) is 0 Å². The van der Waals surface area contributed by atoms with Crippen LogP contribution < -0.4 is 10.0 Å². The second-order valence-corrected chi connectivity index (χ2v) is 9.22. The minimum Gasteiger partial charge on any atom is -0.331 e. The minimum atomic E-state index is -2.58. The van der Waals surface area contributed by atoms with Crippen molar-refractivity contribution in [3.8, 4) is 0 Å². The van der Waals surface area contributed by atoms with E-state index >= 15 is 0 Å². The lowest BCUT2D eigenvalue weighted by atomic mass is 10.1. The molecule has 0 spiro atoms. The Hall–Kier alpha value is -2.50. The molecule has 0 amide bonds. The Morgan fingerprint density at radius 2 is 2.15 bits per heavy atom. The molecule has 1 unspecified atom stereocenters. The number of H-pyrrole nitrogens is 1. The summed E-state index contributed by atoms with van der Waals surface area (Å²) < 4.78 is 32.8. The van der Waals surface area contributed by atoms with Crippen molar-refractivity contribution < 1.29 is 8.78 Å². The minimum absolute atomic E-state index is 0.00169. The highest BCUT2D eigenvalue weighted by Crippen LogP contribution is 2.29. The van der Waals surface area contributed by atoms with Crippen molar-refractivity contribution in [3.05, 3.63) is 52.8 Å². The van der Waals surface area contributed by atoms with Crippen LogP contribution in [0.5, 0.6) is 0 Å². The first kappa shape index (κ1) is 24.6. The lowest BCUT2D eigenvalue weighted by Crippen LogP contribution is -2.46. The SMILES string of the molecule is CC.CCc1cn2c(Cc3cn[nH]c3)cnc2c(NC2=CC(CN3CCCC(F)(F)C3)NS2)n1. The Morgan fingerprint density at radius 1 is 1.29 bits per heavy atom. The van der Waals surface area contributed by atoms with Gasteiger partial charge in [0, 0.05) is 43.7 Å². The van der Waals surface area contributed by atoms with E-state index in [1.165, 1.54) is 11.9 Å². The number of rotatable bonds is 7. The van der Waals surface area contributed by atoms with Gasteiger partial charge in [0.15, 0.2) is 11.5 Å². The van der Waals surface area contributed by atoms with Crippen LogP contribution in [0.4, 0.5) is 14.6 Å². The summed E-state index contributed by atoms with van der Waals surface area (Å²) in [6.07, 6.45) is 11.7. The number of fused-ring (bicyclic) bond motifs is 1. The highest BCUT2D eigenvalue weighted by atomic mass is 32.2. The van der Waals surface area contributed by atoms with Crippen LogP contribution in [0.3, 0.4) is 0 Å². The average molecular weight is 491 g/mol. The van der Waals surface area contributed by atoms with Crippen LogP contribution in [-0.4, -0.2) is 61.1 Å². The summed E-state index contributed by atoms with van der Waals surface area (Å²) in [5.41, 5.74) is 3.84. The van der Waals surface area contributed by atoms with E-state index in [1.54, 1.807) is 0 Å². The van der Waals surface area contributed by atoms with E-state index in [0.29, 0.717) is 31.7 Å². The van der Waals surface area contributed by atoms with Crippen molar-refractivity contribution in [2.75, 3.05) is 25.0 Å². The largest absolute Gasteiger partial charge is 0.331 e. The quantitative estimate of drug-likeness (QED) is 0.427. The summed E-state index contributed by atoms with van der Waals surface area (Å²) in [6.45, 7) is 7.17. The van der Waals surface area contributed by atoms with Gasteiger partial charge in [-0.3, -0.25) is 19.1 Å². The maximum atomic E-state index is 13.7. The van der Waals surface area contributed by atoms with Gasteiger partial charge in [0.2, 0.25) is 0 Å². The summed E-state index contributed by atoms with van der Waals surface area (Å²) in [7, 11) is 0. The third kappa shape index (κ3) is 5.76. The molecule has 0 aliphatic carbocycles. The number of nitrogens with zero attached hydrogens (tertiary/aromatic N) is 5. The number of hydrogen-bond donors (Lipinski definition) is 3. The molecular formula is C23H32F2N8S.